The molecule has 2 nitrogen and oxygen atoms in total. The lowest BCUT2D eigenvalue weighted by Gasteiger charge is -2.38. The third-order valence-electron chi connectivity index (χ3n) is 3.24. The number of hydrogen-bond donors (Lipinski definition) is 1. The summed E-state index contributed by atoms with van der Waals surface area (Å²) in [6.07, 6.45) is 6.51. The van der Waals surface area contributed by atoms with Gasteiger partial charge in [0.05, 0.1) is 6.10 Å². The second-order valence-electron chi connectivity index (χ2n) is 4.54. The first-order valence-corrected chi connectivity index (χ1v) is 5.56. The van der Waals surface area contributed by atoms with Gasteiger partial charge >= 0.3 is 0 Å². The molecule has 0 aliphatic heterocycles. The summed E-state index contributed by atoms with van der Waals surface area (Å²) >= 11 is 0. The van der Waals surface area contributed by atoms with Gasteiger partial charge in [-0.1, -0.05) is 38.7 Å². The van der Waals surface area contributed by atoms with Crippen LogP contribution in [0.2, 0.25) is 0 Å². The number of allylic oxidation sites excluding steroid dienone is 3. The SMILES string of the molecule is C=C/C=C\CC(C)C(O)C1C(=O)CC1C. The van der Waals surface area contributed by atoms with Crippen LogP contribution in [-0.4, -0.2) is 17.0 Å². The molecule has 1 fully saturated rings. The van der Waals surface area contributed by atoms with E-state index in [1.807, 2.05) is 26.0 Å². The number of hydrogen-bond acceptors (Lipinski definition) is 2. The van der Waals surface area contributed by atoms with Crippen molar-refractivity contribution in [3.63, 3.8) is 0 Å². The molecule has 0 aromatic rings. The molecular formula is C13H20O2. The Labute approximate surface area is 91.7 Å². The normalized spacial score (nSPS) is 29.9. The topological polar surface area (TPSA) is 37.3 Å². The summed E-state index contributed by atoms with van der Waals surface area (Å²) in [4.78, 5) is 11.3. The van der Waals surface area contributed by atoms with Crippen molar-refractivity contribution < 1.29 is 9.90 Å². The van der Waals surface area contributed by atoms with Crippen LogP contribution in [0, 0.1) is 17.8 Å². The fraction of sp³-hybridized carbons (Fsp3) is 0.615. The molecule has 15 heavy (non-hydrogen) atoms. The molecule has 0 spiro atoms. The average Bonchev–Trinajstić information content (AvgIpc) is 2.17. The number of aliphatic hydroxyl groups is 1. The monoisotopic (exact) mass is 208 g/mol. The fourth-order valence-corrected chi connectivity index (χ4v) is 2.15. The largest absolute Gasteiger partial charge is 0.392 e. The van der Waals surface area contributed by atoms with Gasteiger partial charge < -0.3 is 5.11 Å². The Morgan fingerprint density at radius 1 is 1.67 bits per heavy atom. The van der Waals surface area contributed by atoms with Crippen LogP contribution in [0.5, 0.6) is 0 Å². The lowest BCUT2D eigenvalue weighted by atomic mass is 9.67. The number of rotatable bonds is 5. The molecule has 0 aromatic heterocycles. The van der Waals surface area contributed by atoms with Crippen LogP contribution in [0.3, 0.4) is 0 Å². The van der Waals surface area contributed by atoms with Crippen LogP contribution in [0.4, 0.5) is 0 Å². The van der Waals surface area contributed by atoms with Gasteiger partial charge in [0.2, 0.25) is 0 Å². The van der Waals surface area contributed by atoms with Gasteiger partial charge in [0.25, 0.3) is 0 Å². The fourth-order valence-electron chi connectivity index (χ4n) is 2.15. The molecule has 1 aliphatic rings. The van der Waals surface area contributed by atoms with Gasteiger partial charge in [-0.3, -0.25) is 4.79 Å². The Kier molecular flexibility index (Phi) is 4.28. The van der Waals surface area contributed by atoms with Gasteiger partial charge in [-0.05, 0) is 18.3 Å². The van der Waals surface area contributed by atoms with Gasteiger partial charge in [0, 0.05) is 12.3 Å². The van der Waals surface area contributed by atoms with Crippen molar-refractivity contribution in [3.8, 4) is 0 Å². The molecule has 0 bridgehead atoms. The predicted molar refractivity (Wildman–Crippen MR) is 61.4 cm³/mol. The summed E-state index contributed by atoms with van der Waals surface area (Å²) < 4.78 is 0. The van der Waals surface area contributed by atoms with E-state index in [2.05, 4.69) is 6.58 Å². The molecule has 1 saturated carbocycles. The van der Waals surface area contributed by atoms with E-state index >= 15 is 0 Å². The van der Waals surface area contributed by atoms with Crippen LogP contribution >= 0.6 is 0 Å². The lowest BCUT2D eigenvalue weighted by molar-refractivity contribution is -0.142. The minimum absolute atomic E-state index is 0.128. The quantitative estimate of drug-likeness (QED) is 0.704. The van der Waals surface area contributed by atoms with Crippen LogP contribution in [-0.2, 0) is 4.79 Å². The summed E-state index contributed by atoms with van der Waals surface area (Å²) in [5.74, 6) is 0.572. The van der Waals surface area contributed by atoms with Crippen molar-refractivity contribution in [2.24, 2.45) is 17.8 Å². The molecule has 0 aromatic carbocycles. The van der Waals surface area contributed by atoms with Crippen molar-refractivity contribution in [3.05, 3.63) is 24.8 Å². The highest BCUT2D eigenvalue weighted by Gasteiger charge is 2.42. The Hall–Kier alpha value is -0.890. The maximum Gasteiger partial charge on any atom is 0.139 e. The van der Waals surface area contributed by atoms with Gasteiger partial charge in [-0.2, -0.15) is 0 Å². The van der Waals surface area contributed by atoms with Gasteiger partial charge in [-0.15, -0.1) is 0 Å². The smallest absolute Gasteiger partial charge is 0.139 e. The summed E-state index contributed by atoms with van der Waals surface area (Å²) in [5, 5.41) is 10.00. The predicted octanol–water partition coefficient (Wildman–Crippen LogP) is 2.34. The van der Waals surface area contributed by atoms with E-state index in [-0.39, 0.29) is 17.6 Å². The summed E-state index contributed by atoms with van der Waals surface area (Å²) in [6, 6.07) is 0. The van der Waals surface area contributed by atoms with E-state index in [9.17, 15) is 9.90 Å². The molecule has 1 aliphatic carbocycles. The van der Waals surface area contributed by atoms with Gasteiger partial charge in [0.1, 0.15) is 5.78 Å². The van der Waals surface area contributed by atoms with Crippen molar-refractivity contribution >= 4 is 5.78 Å². The first-order chi connectivity index (χ1) is 7.07. The second kappa shape index (κ2) is 5.26. The van der Waals surface area contributed by atoms with Crippen LogP contribution in [0.25, 0.3) is 0 Å². The Bertz CT molecular complexity index is 268. The summed E-state index contributed by atoms with van der Waals surface area (Å²) in [7, 11) is 0. The van der Waals surface area contributed by atoms with E-state index < -0.39 is 6.10 Å². The Morgan fingerprint density at radius 3 is 2.80 bits per heavy atom. The van der Waals surface area contributed by atoms with Gasteiger partial charge in [0.15, 0.2) is 0 Å². The molecule has 0 saturated heterocycles. The minimum atomic E-state index is -0.490. The van der Waals surface area contributed by atoms with Crippen LogP contribution in [0.1, 0.15) is 26.7 Å². The average molecular weight is 208 g/mol. The minimum Gasteiger partial charge on any atom is -0.392 e. The highest BCUT2D eigenvalue weighted by Crippen LogP contribution is 2.36. The molecule has 1 rings (SSSR count). The molecule has 0 radical (unpaired) electrons. The van der Waals surface area contributed by atoms with Crippen molar-refractivity contribution in [1.82, 2.24) is 0 Å². The Morgan fingerprint density at radius 2 is 2.33 bits per heavy atom. The van der Waals surface area contributed by atoms with Crippen LogP contribution in [0.15, 0.2) is 24.8 Å². The first kappa shape index (κ1) is 12.2. The molecule has 2 heteroatoms. The van der Waals surface area contributed by atoms with Crippen LogP contribution < -0.4 is 0 Å². The zero-order valence-corrected chi connectivity index (χ0v) is 9.52. The lowest BCUT2D eigenvalue weighted by Crippen LogP contribution is -2.46. The number of ketones is 1. The number of Topliss-reactive ketones (excluding diaryl/α,β-unsaturated/α-hetero) is 1. The number of carbonyl (C=O) groups is 1. The Balaban J connectivity index is 2.44. The highest BCUT2D eigenvalue weighted by molar-refractivity contribution is 5.87. The zero-order chi connectivity index (χ0) is 11.4. The molecule has 0 heterocycles. The highest BCUT2D eigenvalue weighted by atomic mass is 16.3. The summed E-state index contributed by atoms with van der Waals surface area (Å²) in [5.41, 5.74) is 0. The second-order valence-corrected chi connectivity index (χ2v) is 4.54. The summed E-state index contributed by atoms with van der Waals surface area (Å²) in [6.45, 7) is 7.60. The molecular weight excluding hydrogens is 188 g/mol. The third kappa shape index (κ3) is 2.78. The van der Waals surface area contributed by atoms with Crippen molar-refractivity contribution in [2.45, 2.75) is 32.8 Å². The van der Waals surface area contributed by atoms with E-state index in [0.29, 0.717) is 12.3 Å². The standard InChI is InChI=1S/C13H20O2/c1-4-5-6-7-9(2)13(15)12-10(3)8-11(12)14/h4-6,9-10,12-13,15H,1,7-8H2,2-3H3/b6-5-. The van der Waals surface area contributed by atoms with E-state index in [4.69, 9.17) is 0 Å². The third-order valence-corrected chi connectivity index (χ3v) is 3.24. The molecule has 84 valence electrons. The molecule has 4 atom stereocenters. The van der Waals surface area contributed by atoms with Crippen molar-refractivity contribution in [1.29, 1.82) is 0 Å². The molecule has 1 N–H and O–H groups in total. The zero-order valence-electron chi connectivity index (χ0n) is 9.52. The first-order valence-electron chi connectivity index (χ1n) is 5.56. The number of carbonyl (C=O) groups excluding carboxylic acids is 1. The molecule has 4 unspecified atom stereocenters. The van der Waals surface area contributed by atoms with E-state index in [1.54, 1.807) is 6.08 Å². The molecule has 0 amide bonds. The number of aliphatic hydroxyl groups excluding tert-OH is 1. The maximum atomic E-state index is 11.3. The maximum absolute atomic E-state index is 11.3. The van der Waals surface area contributed by atoms with E-state index in [0.717, 1.165) is 6.42 Å². The van der Waals surface area contributed by atoms with Crippen molar-refractivity contribution in [2.75, 3.05) is 0 Å². The van der Waals surface area contributed by atoms with Gasteiger partial charge in [-0.25, -0.2) is 0 Å². The van der Waals surface area contributed by atoms with E-state index in [1.165, 1.54) is 0 Å².